The molecule has 0 saturated heterocycles. The predicted molar refractivity (Wildman–Crippen MR) is 78.5 cm³/mol. The minimum Gasteiger partial charge on any atom is -0.329 e. The van der Waals surface area contributed by atoms with Crippen LogP contribution in [0.2, 0.25) is 0 Å². The highest BCUT2D eigenvalue weighted by Crippen LogP contribution is 2.22. The monoisotopic (exact) mass is 284 g/mol. The summed E-state index contributed by atoms with van der Waals surface area (Å²) in [5, 5.41) is 0. The van der Waals surface area contributed by atoms with Crippen molar-refractivity contribution in [2.45, 2.75) is 45.1 Å². The smallest absolute Gasteiger partial charge is 0.241 e. The average Bonchev–Trinajstić information content (AvgIpc) is 2.31. The number of hydrogen-bond donors (Lipinski definition) is 2. The van der Waals surface area contributed by atoms with E-state index < -0.39 is 15.6 Å². The van der Waals surface area contributed by atoms with Crippen LogP contribution in [-0.4, -0.2) is 20.5 Å². The number of nitrogens with two attached hydrogens (primary N) is 1. The van der Waals surface area contributed by atoms with E-state index >= 15 is 0 Å². The van der Waals surface area contributed by atoms with E-state index in [-0.39, 0.29) is 12.5 Å². The molecule has 1 atom stereocenters. The van der Waals surface area contributed by atoms with Crippen LogP contribution < -0.4 is 10.5 Å². The summed E-state index contributed by atoms with van der Waals surface area (Å²) in [4.78, 5) is 0.327. The number of hydrogen-bond acceptors (Lipinski definition) is 3. The molecule has 0 fully saturated rings. The highest BCUT2D eigenvalue weighted by Gasteiger charge is 2.33. The highest BCUT2D eigenvalue weighted by atomic mass is 32.2. The van der Waals surface area contributed by atoms with E-state index in [4.69, 9.17) is 5.73 Å². The summed E-state index contributed by atoms with van der Waals surface area (Å²) in [6, 6.07) is 5.41. The Balaban J connectivity index is 3.22. The normalized spacial score (nSPS) is 15.5. The molecule has 1 rings (SSSR count). The maximum absolute atomic E-state index is 12.5. The first-order valence-corrected chi connectivity index (χ1v) is 7.92. The Morgan fingerprint density at radius 2 is 1.89 bits per heavy atom. The average molecular weight is 284 g/mol. The van der Waals surface area contributed by atoms with Crippen LogP contribution in [0.3, 0.4) is 0 Å². The van der Waals surface area contributed by atoms with Gasteiger partial charge in [0.05, 0.1) is 4.90 Å². The van der Waals surface area contributed by atoms with Crippen molar-refractivity contribution in [1.29, 1.82) is 0 Å². The highest BCUT2D eigenvalue weighted by molar-refractivity contribution is 7.89. The van der Waals surface area contributed by atoms with Crippen LogP contribution in [0, 0.1) is 19.8 Å². The number of rotatable bonds is 5. The van der Waals surface area contributed by atoms with Crippen molar-refractivity contribution in [3.63, 3.8) is 0 Å². The Bertz CT molecular complexity index is 553. The van der Waals surface area contributed by atoms with Gasteiger partial charge in [0.2, 0.25) is 10.0 Å². The molecule has 0 aliphatic heterocycles. The molecule has 0 spiro atoms. The topological polar surface area (TPSA) is 72.2 Å². The van der Waals surface area contributed by atoms with E-state index in [1.165, 1.54) is 0 Å². The Kier molecular flexibility index (Phi) is 4.76. The van der Waals surface area contributed by atoms with Crippen molar-refractivity contribution >= 4 is 10.0 Å². The molecule has 5 heteroatoms. The van der Waals surface area contributed by atoms with Gasteiger partial charge >= 0.3 is 0 Å². The third kappa shape index (κ3) is 3.55. The first kappa shape index (κ1) is 16.1. The SMILES string of the molecule is Cc1ccc(C)c(S(=O)(=O)NC(C)(CN)C(C)C)c1. The van der Waals surface area contributed by atoms with Crippen molar-refractivity contribution in [3.8, 4) is 0 Å². The fourth-order valence-electron chi connectivity index (χ4n) is 1.75. The largest absolute Gasteiger partial charge is 0.329 e. The van der Waals surface area contributed by atoms with Crippen molar-refractivity contribution < 1.29 is 8.42 Å². The zero-order chi connectivity index (χ0) is 14.8. The van der Waals surface area contributed by atoms with Gasteiger partial charge < -0.3 is 5.73 Å². The summed E-state index contributed by atoms with van der Waals surface area (Å²) in [6.45, 7) is 9.68. The maximum atomic E-state index is 12.5. The van der Waals surface area contributed by atoms with Crippen molar-refractivity contribution in [2.75, 3.05) is 6.54 Å². The predicted octanol–water partition coefficient (Wildman–Crippen LogP) is 1.96. The molecule has 0 aliphatic carbocycles. The molecule has 19 heavy (non-hydrogen) atoms. The van der Waals surface area contributed by atoms with Gasteiger partial charge in [0.15, 0.2) is 0 Å². The van der Waals surface area contributed by atoms with Gasteiger partial charge in [0, 0.05) is 12.1 Å². The summed E-state index contributed by atoms with van der Waals surface area (Å²) in [5.41, 5.74) is 6.75. The summed E-state index contributed by atoms with van der Waals surface area (Å²) in [7, 11) is -3.56. The lowest BCUT2D eigenvalue weighted by Crippen LogP contribution is -2.54. The van der Waals surface area contributed by atoms with Gasteiger partial charge in [-0.1, -0.05) is 26.0 Å². The fourth-order valence-corrected chi connectivity index (χ4v) is 3.63. The fraction of sp³-hybridized carbons (Fsp3) is 0.571. The summed E-state index contributed by atoms with van der Waals surface area (Å²) in [6.07, 6.45) is 0. The Hall–Kier alpha value is -0.910. The summed E-state index contributed by atoms with van der Waals surface area (Å²) in [5.74, 6) is 0.109. The van der Waals surface area contributed by atoms with E-state index in [1.807, 2.05) is 39.8 Å². The molecule has 1 unspecified atom stereocenters. The number of nitrogens with one attached hydrogen (secondary N) is 1. The van der Waals surface area contributed by atoms with Gasteiger partial charge in [-0.2, -0.15) is 0 Å². The van der Waals surface area contributed by atoms with E-state index in [9.17, 15) is 8.42 Å². The van der Waals surface area contributed by atoms with Crippen LogP contribution in [0.15, 0.2) is 23.1 Å². The minimum atomic E-state index is -3.56. The molecule has 108 valence electrons. The maximum Gasteiger partial charge on any atom is 0.241 e. The van der Waals surface area contributed by atoms with E-state index in [1.54, 1.807) is 13.0 Å². The molecular weight excluding hydrogens is 260 g/mol. The first-order chi connectivity index (χ1) is 8.62. The third-order valence-electron chi connectivity index (χ3n) is 3.70. The summed E-state index contributed by atoms with van der Waals surface area (Å²) < 4.78 is 27.8. The van der Waals surface area contributed by atoms with Crippen molar-refractivity contribution in [1.82, 2.24) is 4.72 Å². The zero-order valence-electron chi connectivity index (χ0n) is 12.3. The molecule has 4 nitrogen and oxygen atoms in total. The minimum absolute atomic E-state index is 0.109. The van der Waals surface area contributed by atoms with Crippen LogP contribution in [0.4, 0.5) is 0 Å². The Morgan fingerprint density at radius 1 is 1.32 bits per heavy atom. The lowest BCUT2D eigenvalue weighted by Gasteiger charge is -2.33. The van der Waals surface area contributed by atoms with Gasteiger partial charge in [-0.05, 0) is 43.9 Å². The molecule has 0 aromatic heterocycles. The first-order valence-electron chi connectivity index (χ1n) is 6.43. The molecular formula is C14H24N2O2S. The molecule has 0 saturated carbocycles. The second-order valence-corrected chi connectivity index (χ2v) is 7.30. The lowest BCUT2D eigenvalue weighted by molar-refractivity contribution is 0.315. The molecule has 1 aromatic carbocycles. The lowest BCUT2D eigenvalue weighted by atomic mass is 9.90. The van der Waals surface area contributed by atoms with E-state index in [0.29, 0.717) is 4.90 Å². The Morgan fingerprint density at radius 3 is 2.37 bits per heavy atom. The molecule has 0 aliphatic rings. The molecule has 3 N–H and O–H groups in total. The standard InChI is InChI=1S/C14H24N2O2S/c1-10(2)14(5,9-15)16-19(17,18)13-8-11(3)6-7-12(13)4/h6-8,10,16H,9,15H2,1-5H3. The van der Waals surface area contributed by atoms with E-state index in [0.717, 1.165) is 11.1 Å². The third-order valence-corrected chi connectivity index (χ3v) is 5.45. The van der Waals surface area contributed by atoms with Crippen LogP contribution in [0.1, 0.15) is 31.9 Å². The van der Waals surface area contributed by atoms with Crippen LogP contribution >= 0.6 is 0 Å². The van der Waals surface area contributed by atoms with Crippen LogP contribution in [0.5, 0.6) is 0 Å². The zero-order valence-corrected chi connectivity index (χ0v) is 13.1. The quantitative estimate of drug-likeness (QED) is 0.868. The second-order valence-electron chi connectivity index (χ2n) is 5.65. The van der Waals surface area contributed by atoms with Crippen molar-refractivity contribution in [2.24, 2.45) is 11.7 Å². The summed E-state index contributed by atoms with van der Waals surface area (Å²) >= 11 is 0. The second kappa shape index (κ2) is 5.61. The van der Waals surface area contributed by atoms with Gasteiger partial charge in [0.1, 0.15) is 0 Å². The van der Waals surface area contributed by atoms with Gasteiger partial charge in [-0.25, -0.2) is 13.1 Å². The van der Waals surface area contributed by atoms with Crippen LogP contribution in [0.25, 0.3) is 0 Å². The van der Waals surface area contributed by atoms with Gasteiger partial charge in [-0.15, -0.1) is 0 Å². The number of sulfonamides is 1. The number of benzene rings is 1. The van der Waals surface area contributed by atoms with Crippen LogP contribution in [-0.2, 0) is 10.0 Å². The van der Waals surface area contributed by atoms with Crippen molar-refractivity contribution in [3.05, 3.63) is 29.3 Å². The molecule has 0 heterocycles. The van der Waals surface area contributed by atoms with Gasteiger partial charge in [0.25, 0.3) is 0 Å². The molecule has 1 aromatic rings. The van der Waals surface area contributed by atoms with Gasteiger partial charge in [-0.3, -0.25) is 0 Å². The Labute approximate surface area is 116 Å². The van der Waals surface area contributed by atoms with E-state index in [2.05, 4.69) is 4.72 Å². The molecule has 0 radical (unpaired) electrons. The molecule has 0 bridgehead atoms. The molecule has 0 amide bonds. The number of aryl methyl sites for hydroxylation is 2.